The molecule has 112 valence electrons. The molecule has 0 amide bonds. The minimum Gasteiger partial charge on any atom is -0.507 e. The molecule has 2 aromatic rings. The third-order valence-corrected chi connectivity index (χ3v) is 3.05. The second-order valence-electron chi connectivity index (χ2n) is 5.16. The molecule has 0 spiro atoms. The first-order valence-corrected chi connectivity index (χ1v) is 6.55. The number of rotatable bonds is 5. The van der Waals surface area contributed by atoms with E-state index in [4.69, 9.17) is 5.11 Å². The predicted octanol–water partition coefficient (Wildman–Crippen LogP) is 1.36. The Hall–Kier alpha value is -2.41. The van der Waals surface area contributed by atoms with Gasteiger partial charge < -0.3 is 15.3 Å². The van der Waals surface area contributed by atoms with Crippen LogP contribution < -0.4 is 0 Å². The van der Waals surface area contributed by atoms with Crippen molar-refractivity contribution in [3.8, 4) is 11.4 Å². The molecule has 1 heterocycles. The number of hydrogen-bond donors (Lipinski definition) is 3. The molecule has 21 heavy (non-hydrogen) atoms. The second kappa shape index (κ2) is 5.92. The zero-order chi connectivity index (χ0) is 15.6. The summed E-state index contributed by atoms with van der Waals surface area (Å²) in [6.45, 7) is 3.82. The van der Waals surface area contributed by atoms with Crippen molar-refractivity contribution >= 4 is 5.97 Å². The molecule has 0 radical (unpaired) electrons. The van der Waals surface area contributed by atoms with Gasteiger partial charge in [-0.05, 0) is 30.5 Å². The van der Waals surface area contributed by atoms with E-state index < -0.39 is 5.97 Å². The van der Waals surface area contributed by atoms with E-state index in [0.717, 1.165) is 5.69 Å². The van der Waals surface area contributed by atoms with Gasteiger partial charge in [0.25, 0.3) is 0 Å². The smallest absolute Gasteiger partial charge is 0.339 e. The predicted molar refractivity (Wildman–Crippen MR) is 74.4 cm³/mol. The van der Waals surface area contributed by atoms with E-state index in [1.165, 1.54) is 16.8 Å². The Bertz CT molecular complexity index is 664. The van der Waals surface area contributed by atoms with Crippen molar-refractivity contribution in [2.45, 2.75) is 26.9 Å². The minimum atomic E-state index is -1.22. The number of carboxylic acid groups (broad SMARTS) is 1. The topological polar surface area (TPSA) is 108 Å². The number of benzene rings is 1. The lowest BCUT2D eigenvalue weighted by atomic mass is 10.1. The maximum atomic E-state index is 11.1. The minimum absolute atomic E-state index is 0.205. The molecule has 0 aliphatic carbocycles. The number of aliphatic hydroxyl groups is 1. The van der Waals surface area contributed by atoms with E-state index in [0.29, 0.717) is 23.7 Å². The molecule has 3 N–H and O–H groups in total. The summed E-state index contributed by atoms with van der Waals surface area (Å²) in [7, 11) is 0. The van der Waals surface area contributed by atoms with Crippen LogP contribution in [0.15, 0.2) is 18.2 Å². The number of carboxylic acids is 1. The average Bonchev–Trinajstić information content (AvgIpc) is 2.81. The third-order valence-electron chi connectivity index (χ3n) is 3.05. The molecule has 0 unspecified atom stereocenters. The van der Waals surface area contributed by atoms with Crippen molar-refractivity contribution < 1.29 is 20.1 Å². The molecule has 2 rings (SSSR count). The highest BCUT2D eigenvalue weighted by atomic mass is 16.4. The summed E-state index contributed by atoms with van der Waals surface area (Å²) >= 11 is 0. The Kier molecular flexibility index (Phi) is 4.23. The fourth-order valence-corrected chi connectivity index (χ4v) is 2.08. The van der Waals surface area contributed by atoms with Crippen LogP contribution in [-0.2, 0) is 13.0 Å². The van der Waals surface area contributed by atoms with Crippen LogP contribution in [0.2, 0.25) is 0 Å². The van der Waals surface area contributed by atoms with Crippen LogP contribution in [0.3, 0.4) is 0 Å². The summed E-state index contributed by atoms with van der Waals surface area (Å²) < 4.78 is 1.50. The maximum absolute atomic E-state index is 11.1. The summed E-state index contributed by atoms with van der Waals surface area (Å²) in [4.78, 5) is 11.1. The normalized spacial score (nSPS) is 11.0. The van der Waals surface area contributed by atoms with Crippen molar-refractivity contribution in [1.29, 1.82) is 0 Å². The molecule has 0 aliphatic heterocycles. The van der Waals surface area contributed by atoms with Crippen LogP contribution in [0.5, 0.6) is 5.75 Å². The van der Waals surface area contributed by atoms with Gasteiger partial charge in [-0.2, -0.15) is 0 Å². The SMILES string of the molecule is CC(C)Cc1c(CO)nnn1-c1ccc(O)c(C(=O)O)c1. The van der Waals surface area contributed by atoms with Gasteiger partial charge >= 0.3 is 5.97 Å². The maximum Gasteiger partial charge on any atom is 0.339 e. The first-order valence-electron chi connectivity index (χ1n) is 6.55. The number of aromatic hydroxyl groups is 1. The van der Waals surface area contributed by atoms with Crippen LogP contribution >= 0.6 is 0 Å². The number of aliphatic hydroxyl groups excluding tert-OH is 1. The number of nitrogens with zero attached hydrogens (tertiary/aromatic N) is 3. The summed E-state index contributed by atoms with van der Waals surface area (Å²) in [5, 5.41) is 35.8. The third kappa shape index (κ3) is 3.03. The summed E-state index contributed by atoms with van der Waals surface area (Å²) in [5.74, 6) is -1.20. The Morgan fingerprint density at radius 1 is 1.38 bits per heavy atom. The van der Waals surface area contributed by atoms with Gasteiger partial charge in [-0.3, -0.25) is 0 Å². The number of aromatic carboxylic acids is 1. The summed E-state index contributed by atoms with van der Waals surface area (Å²) in [6.07, 6.45) is 0.645. The van der Waals surface area contributed by atoms with Gasteiger partial charge in [-0.15, -0.1) is 5.10 Å². The van der Waals surface area contributed by atoms with Gasteiger partial charge in [0.05, 0.1) is 18.0 Å². The van der Waals surface area contributed by atoms with E-state index >= 15 is 0 Å². The molecule has 7 heteroatoms. The van der Waals surface area contributed by atoms with Gasteiger partial charge in [-0.1, -0.05) is 19.1 Å². The number of carbonyl (C=O) groups is 1. The Balaban J connectivity index is 2.54. The van der Waals surface area contributed by atoms with Crippen LogP contribution in [0.4, 0.5) is 0 Å². The van der Waals surface area contributed by atoms with E-state index in [-0.39, 0.29) is 17.9 Å². The molecular formula is C14H17N3O4. The van der Waals surface area contributed by atoms with Crippen LogP contribution in [0, 0.1) is 5.92 Å². The molecule has 0 saturated carbocycles. The van der Waals surface area contributed by atoms with Crippen LogP contribution in [0.1, 0.15) is 35.6 Å². The average molecular weight is 291 g/mol. The fourth-order valence-electron chi connectivity index (χ4n) is 2.08. The molecule has 1 aromatic heterocycles. The molecular weight excluding hydrogens is 274 g/mol. The zero-order valence-electron chi connectivity index (χ0n) is 11.8. The second-order valence-corrected chi connectivity index (χ2v) is 5.16. The van der Waals surface area contributed by atoms with E-state index in [1.54, 1.807) is 6.07 Å². The Morgan fingerprint density at radius 3 is 2.67 bits per heavy atom. The Morgan fingerprint density at radius 2 is 2.10 bits per heavy atom. The highest BCUT2D eigenvalue weighted by molar-refractivity contribution is 5.91. The van der Waals surface area contributed by atoms with Gasteiger partial charge in [0.15, 0.2) is 0 Å². The largest absolute Gasteiger partial charge is 0.507 e. The standard InChI is InChI=1S/C14H17N3O4/c1-8(2)5-12-11(7-18)15-16-17(12)9-3-4-13(19)10(6-9)14(20)21/h3-4,6,8,18-19H,5,7H2,1-2H3,(H,20,21). The van der Waals surface area contributed by atoms with Crippen molar-refractivity contribution in [3.63, 3.8) is 0 Å². The first kappa shape index (κ1) is 15.0. The van der Waals surface area contributed by atoms with Crippen LogP contribution in [-0.4, -0.2) is 36.3 Å². The van der Waals surface area contributed by atoms with Gasteiger partial charge in [0.1, 0.15) is 17.0 Å². The summed E-state index contributed by atoms with van der Waals surface area (Å²) in [5.41, 5.74) is 1.47. The van der Waals surface area contributed by atoms with Crippen molar-refractivity contribution in [2.24, 2.45) is 5.92 Å². The summed E-state index contributed by atoms with van der Waals surface area (Å²) in [6, 6.07) is 4.19. The Labute approximate surface area is 121 Å². The number of hydrogen-bond acceptors (Lipinski definition) is 5. The molecule has 0 atom stereocenters. The van der Waals surface area contributed by atoms with Gasteiger partial charge in [-0.25, -0.2) is 9.48 Å². The van der Waals surface area contributed by atoms with E-state index in [9.17, 15) is 15.0 Å². The number of phenols is 1. The highest BCUT2D eigenvalue weighted by Gasteiger charge is 2.17. The van der Waals surface area contributed by atoms with Crippen LogP contribution in [0.25, 0.3) is 5.69 Å². The van der Waals surface area contributed by atoms with Crippen molar-refractivity contribution in [3.05, 3.63) is 35.2 Å². The lowest BCUT2D eigenvalue weighted by Crippen LogP contribution is -2.08. The quantitative estimate of drug-likeness (QED) is 0.767. The lowest BCUT2D eigenvalue weighted by molar-refractivity contribution is 0.0693. The molecule has 0 aliphatic rings. The lowest BCUT2D eigenvalue weighted by Gasteiger charge is -2.10. The molecule has 0 bridgehead atoms. The van der Waals surface area contributed by atoms with Crippen molar-refractivity contribution in [2.75, 3.05) is 0 Å². The molecule has 1 aromatic carbocycles. The molecule has 0 fully saturated rings. The first-order chi connectivity index (χ1) is 9.93. The highest BCUT2D eigenvalue weighted by Crippen LogP contribution is 2.23. The number of aromatic nitrogens is 3. The fraction of sp³-hybridized carbons (Fsp3) is 0.357. The monoisotopic (exact) mass is 291 g/mol. The van der Waals surface area contributed by atoms with Crippen molar-refractivity contribution in [1.82, 2.24) is 15.0 Å². The van der Waals surface area contributed by atoms with E-state index in [2.05, 4.69) is 10.3 Å². The van der Waals surface area contributed by atoms with E-state index in [1.807, 2.05) is 13.8 Å². The zero-order valence-corrected chi connectivity index (χ0v) is 11.8. The molecule has 0 saturated heterocycles. The molecule has 7 nitrogen and oxygen atoms in total. The van der Waals surface area contributed by atoms with Gasteiger partial charge in [0, 0.05) is 0 Å². The van der Waals surface area contributed by atoms with Gasteiger partial charge in [0.2, 0.25) is 0 Å².